The molecule has 2 heteroatoms. The molecule has 0 amide bonds. The number of fused-ring (bicyclic) bond motifs is 1. The van der Waals surface area contributed by atoms with Gasteiger partial charge in [0.15, 0.2) is 0 Å². The molecule has 0 aliphatic carbocycles. The van der Waals surface area contributed by atoms with Crippen LogP contribution in [0.3, 0.4) is 0 Å². The summed E-state index contributed by atoms with van der Waals surface area (Å²) in [6.07, 6.45) is 2.26. The van der Waals surface area contributed by atoms with E-state index in [0.717, 1.165) is 30.7 Å². The number of para-hydroxylation sites is 1. The summed E-state index contributed by atoms with van der Waals surface area (Å²) in [5.74, 6) is 1.65. The van der Waals surface area contributed by atoms with Crippen LogP contribution in [0.5, 0.6) is 0 Å². The van der Waals surface area contributed by atoms with Crippen molar-refractivity contribution in [2.75, 3.05) is 13.6 Å². The topological polar surface area (TPSA) is 25.2 Å². The van der Waals surface area contributed by atoms with E-state index in [0.29, 0.717) is 5.92 Å². The largest absolute Gasteiger partial charge is 0.461 e. The van der Waals surface area contributed by atoms with Crippen LogP contribution >= 0.6 is 0 Å². The number of hydrogen-bond donors (Lipinski definition) is 1. The smallest absolute Gasteiger partial charge is 0.134 e. The van der Waals surface area contributed by atoms with Crippen molar-refractivity contribution in [2.24, 2.45) is 0 Å². The molecule has 0 saturated heterocycles. The summed E-state index contributed by atoms with van der Waals surface area (Å²) < 4.78 is 5.89. The van der Waals surface area contributed by atoms with Gasteiger partial charge in [0.05, 0.1) is 0 Å². The maximum Gasteiger partial charge on any atom is 0.134 e. The minimum Gasteiger partial charge on any atom is -0.461 e. The summed E-state index contributed by atoms with van der Waals surface area (Å²) in [6.45, 7) is 3.25. The highest BCUT2D eigenvalue weighted by atomic mass is 16.3. The Labute approximate surface area is 96.6 Å². The highest BCUT2D eigenvalue weighted by Gasteiger charge is 2.13. The van der Waals surface area contributed by atoms with Crippen LogP contribution in [0, 0.1) is 0 Å². The number of furan rings is 1. The van der Waals surface area contributed by atoms with Crippen LogP contribution in [0.4, 0.5) is 0 Å². The maximum absolute atomic E-state index is 5.89. The van der Waals surface area contributed by atoms with E-state index < -0.39 is 0 Å². The molecule has 1 aromatic carbocycles. The van der Waals surface area contributed by atoms with Gasteiger partial charge in [-0.3, -0.25) is 0 Å². The normalized spacial score (nSPS) is 13.1. The minimum absolute atomic E-state index is 0.528. The standard InChI is InChI=1S/C14H19NO/c1-3-11(8-9-15-2)14-10-12-6-4-5-7-13(12)16-14/h4-7,10-11,15H,3,8-9H2,1-2H3. The first-order chi connectivity index (χ1) is 7.85. The average Bonchev–Trinajstić information content (AvgIpc) is 2.73. The van der Waals surface area contributed by atoms with Crippen molar-refractivity contribution in [2.45, 2.75) is 25.7 Å². The molecular weight excluding hydrogens is 198 g/mol. The quantitative estimate of drug-likeness (QED) is 0.828. The van der Waals surface area contributed by atoms with E-state index in [1.54, 1.807) is 0 Å². The lowest BCUT2D eigenvalue weighted by Gasteiger charge is -2.10. The second kappa shape index (κ2) is 5.17. The van der Waals surface area contributed by atoms with Gasteiger partial charge in [-0.25, -0.2) is 0 Å². The van der Waals surface area contributed by atoms with Crippen LogP contribution in [0.25, 0.3) is 11.0 Å². The van der Waals surface area contributed by atoms with Crippen molar-refractivity contribution >= 4 is 11.0 Å². The molecule has 0 aliphatic rings. The van der Waals surface area contributed by atoms with Crippen molar-refractivity contribution in [3.63, 3.8) is 0 Å². The van der Waals surface area contributed by atoms with Crippen LogP contribution in [0.1, 0.15) is 31.4 Å². The van der Waals surface area contributed by atoms with Crippen molar-refractivity contribution in [3.8, 4) is 0 Å². The van der Waals surface area contributed by atoms with Gasteiger partial charge in [-0.2, -0.15) is 0 Å². The first-order valence-corrected chi connectivity index (χ1v) is 5.98. The Hall–Kier alpha value is -1.28. The second-order valence-electron chi connectivity index (χ2n) is 4.18. The molecule has 2 aromatic rings. The van der Waals surface area contributed by atoms with Crippen molar-refractivity contribution in [1.82, 2.24) is 5.32 Å². The number of hydrogen-bond acceptors (Lipinski definition) is 2. The summed E-state index contributed by atoms with van der Waals surface area (Å²) in [6, 6.07) is 10.4. The molecular formula is C14H19NO. The highest BCUT2D eigenvalue weighted by molar-refractivity contribution is 5.77. The van der Waals surface area contributed by atoms with Gasteiger partial charge in [0.25, 0.3) is 0 Å². The zero-order valence-corrected chi connectivity index (χ0v) is 9.99. The highest BCUT2D eigenvalue weighted by Crippen LogP contribution is 2.28. The van der Waals surface area contributed by atoms with Crippen molar-refractivity contribution < 1.29 is 4.42 Å². The van der Waals surface area contributed by atoms with Gasteiger partial charge in [-0.1, -0.05) is 25.1 Å². The molecule has 86 valence electrons. The second-order valence-corrected chi connectivity index (χ2v) is 4.18. The first kappa shape index (κ1) is 11.2. The first-order valence-electron chi connectivity index (χ1n) is 5.98. The lowest BCUT2D eigenvalue weighted by molar-refractivity contribution is 0.457. The molecule has 0 fully saturated rings. The van der Waals surface area contributed by atoms with E-state index in [2.05, 4.69) is 30.4 Å². The predicted molar refractivity (Wildman–Crippen MR) is 67.8 cm³/mol. The van der Waals surface area contributed by atoms with Gasteiger partial charge in [0.2, 0.25) is 0 Å². The van der Waals surface area contributed by atoms with E-state index in [-0.39, 0.29) is 0 Å². The molecule has 0 radical (unpaired) electrons. The number of benzene rings is 1. The summed E-state index contributed by atoms with van der Waals surface area (Å²) in [4.78, 5) is 0. The van der Waals surface area contributed by atoms with Gasteiger partial charge in [0.1, 0.15) is 11.3 Å². The van der Waals surface area contributed by atoms with Crippen LogP contribution in [-0.2, 0) is 0 Å². The molecule has 1 N–H and O–H groups in total. The Morgan fingerprint density at radius 1 is 1.31 bits per heavy atom. The Morgan fingerprint density at radius 3 is 2.81 bits per heavy atom. The molecule has 16 heavy (non-hydrogen) atoms. The van der Waals surface area contributed by atoms with Crippen molar-refractivity contribution in [3.05, 3.63) is 36.1 Å². The molecule has 1 heterocycles. The molecule has 2 rings (SSSR count). The fourth-order valence-electron chi connectivity index (χ4n) is 2.07. The van der Waals surface area contributed by atoms with E-state index in [1.165, 1.54) is 5.39 Å². The number of nitrogens with one attached hydrogen (secondary N) is 1. The van der Waals surface area contributed by atoms with Crippen LogP contribution in [-0.4, -0.2) is 13.6 Å². The Bertz CT molecular complexity index is 414. The van der Waals surface area contributed by atoms with Crippen LogP contribution in [0.15, 0.2) is 34.7 Å². The van der Waals surface area contributed by atoms with Gasteiger partial charge in [0, 0.05) is 11.3 Å². The summed E-state index contributed by atoms with van der Waals surface area (Å²) in [5.41, 5.74) is 1.00. The Balaban J connectivity index is 2.23. The van der Waals surface area contributed by atoms with E-state index in [4.69, 9.17) is 4.42 Å². The SMILES string of the molecule is CCC(CCNC)c1cc2ccccc2o1. The molecule has 1 aromatic heterocycles. The third-order valence-corrected chi connectivity index (χ3v) is 3.08. The van der Waals surface area contributed by atoms with Gasteiger partial charge < -0.3 is 9.73 Å². The predicted octanol–water partition coefficient (Wildman–Crippen LogP) is 3.54. The molecule has 1 atom stereocenters. The summed E-state index contributed by atoms with van der Waals surface area (Å²) in [5, 5.41) is 4.40. The third kappa shape index (κ3) is 2.27. The maximum atomic E-state index is 5.89. The average molecular weight is 217 g/mol. The molecule has 1 unspecified atom stereocenters. The van der Waals surface area contributed by atoms with Gasteiger partial charge in [-0.05, 0) is 38.6 Å². The van der Waals surface area contributed by atoms with Crippen LogP contribution < -0.4 is 5.32 Å². The lowest BCUT2D eigenvalue weighted by atomic mass is 9.99. The summed E-state index contributed by atoms with van der Waals surface area (Å²) in [7, 11) is 1.99. The molecule has 2 nitrogen and oxygen atoms in total. The third-order valence-electron chi connectivity index (χ3n) is 3.08. The monoisotopic (exact) mass is 217 g/mol. The lowest BCUT2D eigenvalue weighted by Crippen LogP contribution is -2.11. The Kier molecular flexibility index (Phi) is 3.62. The summed E-state index contributed by atoms with van der Waals surface area (Å²) >= 11 is 0. The van der Waals surface area contributed by atoms with E-state index in [1.807, 2.05) is 19.2 Å². The molecule has 0 saturated carbocycles. The minimum atomic E-state index is 0.528. The number of rotatable bonds is 5. The van der Waals surface area contributed by atoms with Gasteiger partial charge in [-0.15, -0.1) is 0 Å². The van der Waals surface area contributed by atoms with E-state index in [9.17, 15) is 0 Å². The molecule has 0 spiro atoms. The Morgan fingerprint density at radius 2 is 2.12 bits per heavy atom. The van der Waals surface area contributed by atoms with Crippen molar-refractivity contribution in [1.29, 1.82) is 0 Å². The molecule has 0 bridgehead atoms. The zero-order chi connectivity index (χ0) is 11.4. The van der Waals surface area contributed by atoms with Crippen LogP contribution in [0.2, 0.25) is 0 Å². The fourth-order valence-corrected chi connectivity index (χ4v) is 2.07. The molecule has 0 aliphatic heterocycles. The van der Waals surface area contributed by atoms with E-state index >= 15 is 0 Å². The fraction of sp³-hybridized carbons (Fsp3) is 0.429. The van der Waals surface area contributed by atoms with Gasteiger partial charge >= 0.3 is 0 Å². The zero-order valence-electron chi connectivity index (χ0n) is 9.99.